The van der Waals surface area contributed by atoms with E-state index in [1.54, 1.807) is 11.3 Å². The molecule has 1 saturated carbocycles. The molecule has 3 aromatic rings. The molecule has 3 heterocycles. The molecule has 0 amide bonds. The molecule has 2 aliphatic rings. The van der Waals surface area contributed by atoms with Crippen molar-refractivity contribution >= 4 is 27.2 Å². The lowest BCUT2D eigenvalue weighted by molar-refractivity contribution is 0.271. The molecule has 1 saturated heterocycles. The molecule has 0 bridgehead atoms. The van der Waals surface area contributed by atoms with Crippen molar-refractivity contribution in [3.05, 3.63) is 30.3 Å². The van der Waals surface area contributed by atoms with Crippen LogP contribution in [0.2, 0.25) is 0 Å². The topological polar surface area (TPSA) is 48.7 Å². The van der Waals surface area contributed by atoms with Crippen LogP contribution in [-0.4, -0.2) is 58.3 Å². The van der Waals surface area contributed by atoms with E-state index in [2.05, 4.69) is 52.4 Å². The first kappa shape index (κ1) is 17.9. The lowest BCUT2D eigenvalue weighted by atomic mass is 10.1. The van der Waals surface area contributed by atoms with E-state index in [0.29, 0.717) is 6.04 Å². The second-order valence-electron chi connectivity index (χ2n) is 7.80. The Morgan fingerprint density at radius 3 is 2.54 bits per heavy atom. The summed E-state index contributed by atoms with van der Waals surface area (Å²) < 4.78 is 2.05. The summed E-state index contributed by atoms with van der Waals surface area (Å²) in [6.07, 6.45) is 5.09. The van der Waals surface area contributed by atoms with Crippen LogP contribution in [0, 0.1) is 0 Å². The molecule has 0 spiro atoms. The van der Waals surface area contributed by atoms with E-state index in [9.17, 15) is 0 Å². The van der Waals surface area contributed by atoms with Gasteiger partial charge in [-0.3, -0.25) is 0 Å². The number of likely N-dealkylation sites (N-methyl/N-ethyl adjacent to an activating group) is 1. The predicted molar refractivity (Wildman–Crippen MR) is 117 cm³/mol. The maximum atomic E-state index is 4.99. The molecule has 0 atom stereocenters. The molecule has 5 rings (SSSR count). The van der Waals surface area contributed by atoms with Crippen LogP contribution in [0.4, 0.5) is 10.9 Å². The molecular formula is C21H28N6S. The van der Waals surface area contributed by atoms with Crippen molar-refractivity contribution in [2.45, 2.75) is 38.6 Å². The Balaban J connectivity index is 1.49. The van der Waals surface area contributed by atoms with Crippen molar-refractivity contribution in [3.63, 3.8) is 0 Å². The minimum atomic E-state index is 0.528. The Hall–Kier alpha value is -2.12. The first-order valence-electron chi connectivity index (χ1n) is 10.5. The number of aromatic nitrogens is 3. The molecule has 1 aliphatic carbocycles. The van der Waals surface area contributed by atoms with Crippen LogP contribution in [0.5, 0.6) is 0 Å². The van der Waals surface area contributed by atoms with E-state index in [0.717, 1.165) is 59.9 Å². The highest BCUT2D eigenvalue weighted by molar-refractivity contribution is 7.20. The highest BCUT2D eigenvalue weighted by Crippen LogP contribution is 2.35. The van der Waals surface area contributed by atoms with Crippen LogP contribution in [-0.2, 0) is 0 Å². The van der Waals surface area contributed by atoms with Gasteiger partial charge in [-0.2, -0.15) is 4.52 Å². The summed E-state index contributed by atoms with van der Waals surface area (Å²) in [6, 6.07) is 11.0. The molecule has 148 valence electrons. The lowest BCUT2D eigenvalue weighted by Crippen LogP contribution is -2.46. The van der Waals surface area contributed by atoms with Gasteiger partial charge in [-0.05, 0) is 19.4 Å². The van der Waals surface area contributed by atoms with E-state index in [4.69, 9.17) is 10.1 Å². The third-order valence-electron chi connectivity index (χ3n) is 6.03. The van der Waals surface area contributed by atoms with Crippen molar-refractivity contribution in [3.8, 4) is 11.3 Å². The van der Waals surface area contributed by atoms with Gasteiger partial charge in [0, 0.05) is 37.8 Å². The van der Waals surface area contributed by atoms with Gasteiger partial charge in [0.2, 0.25) is 10.1 Å². The van der Waals surface area contributed by atoms with Crippen molar-refractivity contribution in [2.75, 3.05) is 42.9 Å². The standard InChI is InChI=1S/C21H28N6S/c1-2-25-12-14-26(15-13-25)21-24-27-19(22-17-10-6-7-11-17)18(23-20(27)28-21)16-8-4-3-5-9-16/h3-5,8-9,17,22H,2,6-7,10-15H2,1H3. The van der Waals surface area contributed by atoms with Gasteiger partial charge in [0.15, 0.2) is 5.82 Å². The largest absolute Gasteiger partial charge is 0.365 e. The normalized spacial score (nSPS) is 19.0. The van der Waals surface area contributed by atoms with Gasteiger partial charge in [0.05, 0.1) is 0 Å². The van der Waals surface area contributed by atoms with E-state index in [-0.39, 0.29) is 0 Å². The van der Waals surface area contributed by atoms with Crippen molar-refractivity contribution in [1.29, 1.82) is 0 Å². The number of hydrogen-bond donors (Lipinski definition) is 1. The van der Waals surface area contributed by atoms with Gasteiger partial charge in [0.1, 0.15) is 5.69 Å². The minimum absolute atomic E-state index is 0.528. The Labute approximate surface area is 170 Å². The van der Waals surface area contributed by atoms with E-state index < -0.39 is 0 Å². The first-order valence-corrected chi connectivity index (χ1v) is 11.3. The summed E-state index contributed by atoms with van der Waals surface area (Å²) in [4.78, 5) is 10.9. The quantitative estimate of drug-likeness (QED) is 0.708. The first-order chi connectivity index (χ1) is 13.8. The van der Waals surface area contributed by atoms with Gasteiger partial charge in [-0.1, -0.05) is 61.4 Å². The van der Waals surface area contributed by atoms with Gasteiger partial charge in [-0.25, -0.2) is 4.98 Å². The van der Waals surface area contributed by atoms with Crippen LogP contribution in [0.25, 0.3) is 16.2 Å². The number of fused-ring (bicyclic) bond motifs is 1. The summed E-state index contributed by atoms with van der Waals surface area (Å²) in [5.41, 5.74) is 2.17. The van der Waals surface area contributed by atoms with Crippen molar-refractivity contribution < 1.29 is 0 Å². The number of nitrogens with zero attached hydrogens (tertiary/aromatic N) is 5. The summed E-state index contributed by atoms with van der Waals surface area (Å²) in [5, 5.41) is 9.86. The zero-order chi connectivity index (χ0) is 18.9. The highest BCUT2D eigenvalue weighted by atomic mass is 32.1. The fourth-order valence-electron chi connectivity index (χ4n) is 4.31. The molecule has 0 radical (unpaired) electrons. The molecule has 0 unspecified atom stereocenters. The van der Waals surface area contributed by atoms with E-state index >= 15 is 0 Å². The number of hydrogen-bond acceptors (Lipinski definition) is 6. The maximum Gasteiger partial charge on any atom is 0.216 e. The second kappa shape index (κ2) is 7.72. The molecule has 28 heavy (non-hydrogen) atoms. The Morgan fingerprint density at radius 2 is 1.82 bits per heavy atom. The smallest absolute Gasteiger partial charge is 0.216 e. The molecule has 1 N–H and O–H groups in total. The molecule has 2 aromatic heterocycles. The Kier molecular flexibility index (Phi) is 4.94. The van der Waals surface area contributed by atoms with Crippen molar-refractivity contribution in [1.82, 2.24) is 19.5 Å². The van der Waals surface area contributed by atoms with E-state index in [1.165, 1.54) is 25.7 Å². The fraction of sp³-hybridized carbons (Fsp3) is 0.524. The van der Waals surface area contributed by atoms with Crippen LogP contribution < -0.4 is 10.2 Å². The molecule has 6 nitrogen and oxygen atoms in total. The summed E-state index contributed by atoms with van der Waals surface area (Å²) in [7, 11) is 0. The molecule has 1 aromatic carbocycles. The Bertz CT molecular complexity index is 919. The number of benzene rings is 1. The fourth-order valence-corrected chi connectivity index (χ4v) is 5.26. The average Bonchev–Trinajstić information content (AvgIpc) is 3.47. The zero-order valence-electron chi connectivity index (χ0n) is 16.5. The Morgan fingerprint density at radius 1 is 1.07 bits per heavy atom. The number of imidazole rings is 1. The molecule has 1 aliphatic heterocycles. The molecule has 7 heteroatoms. The number of rotatable bonds is 5. The third-order valence-corrected chi connectivity index (χ3v) is 7.00. The molecule has 2 fully saturated rings. The van der Waals surface area contributed by atoms with E-state index in [1.807, 2.05) is 4.52 Å². The monoisotopic (exact) mass is 396 g/mol. The van der Waals surface area contributed by atoms with Crippen LogP contribution in [0.3, 0.4) is 0 Å². The maximum absolute atomic E-state index is 4.99. The number of nitrogens with one attached hydrogen (secondary N) is 1. The zero-order valence-corrected chi connectivity index (χ0v) is 17.3. The van der Waals surface area contributed by atoms with Gasteiger partial charge in [0.25, 0.3) is 0 Å². The van der Waals surface area contributed by atoms with Crippen LogP contribution in [0.1, 0.15) is 32.6 Å². The van der Waals surface area contributed by atoms with Crippen molar-refractivity contribution in [2.24, 2.45) is 0 Å². The predicted octanol–water partition coefficient (Wildman–Crippen LogP) is 3.95. The van der Waals surface area contributed by atoms with Gasteiger partial charge >= 0.3 is 0 Å². The van der Waals surface area contributed by atoms with Crippen LogP contribution >= 0.6 is 11.3 Å². The SMILES string of the molecule is CCN1CCN(c2nn3c(NC4CCCC4)c(-c4ccccc4)nc3s2)CC1. The molecular weight excluding hydrogens is 368 g/mol. The summed E-state index contributed by atoms with van der Waals surface area (Å²) in [6.45, 7) is 7.68. The number of anilines is 2. The van der Waals surface area contributed by atoms with Gasteiger partial charge in [-0.15, -0.1) is 5.10 Å². The minimum Gasteiger partial charge on any atom is -0.365 e. The van der Waals surface area contributed by atoms with Gasteiger partial charge < -0.3 is 15.1 Å². The summed E-state index contributed by atoms with van der Waals surface area (Å²) in [5.74, 6) is 1.06. The third kappa shape index (κ3) is 3.37. The lowest BCUT2D eigenvalue weighted by Gasteiger charge is -2.33. The highest BCUT2D eigenvalue weighted by Gasteiger charge is 2.25. The van der Waals surface area contributed by atoms with Crippen LogP contribution in [0.15, 0.2) is 30.3 Å². The average molecular weight is 397 g/mol. The number of piperazine rings is 1. The second-order valence-corrected chi connectivity index (χ2v) is 8.74. The summed E-state index contributed by atoms with van der Waals surface area (Å²) >= 11 is 1.71.